The maximum atomic E-state index is 12.1. The number of carbonyl (C=O) groups is 2. The van der Waals surface area contributed by atoms with Crippen LogP contribution in [0, 0.1) is 0 Å². The number of rotatable bonds is 8. The van der Waals surface area contributed by atoms with Crippen LogP contribution in [0.3, 0.4) is 0 Å². The van der Waals surface area contributed by atoms with Gasteiger partial charge in [-0.05, 0) is 0 Å². The van der Waals surface area contributed by atoms with Crippen molar-refractivity contribution in [1.29, 1.82) is 0 Å². The smallest absolute Gasteiger partial charge is 0.364 e. The number of nitrogens with one attached hydrogen (secondary N) is 1. The molecule has 0 aromatic rings. The quantitative estimate of drug-likeness (QED) is 0.158. The van der Waals surface area contributed by atoms with Crippen LogP contribution in [-0.4, -0.2) is 133 Å². The Morgan fingerprint density at radius 1 is 1.19 bits per heavy atom. The fraction of sp³-hybridized carbons (Fsp3) is 0.882. The molecule has 2 heterocycles. The van der Waals surface area contributed by atoms with Crippen LogP contribution >= 0.6 is 0 Å². The van der Waals surface area contributed by atoms with E-state index >= 15 is 0 Å². The van der Waals surface area contributed by atoms with Crippen LogP contribution in [0.25, 0.3) is 0 Å². The highest BCUT2D eigenvalue weighted by molar-refractivity contribution is 5.76. The molecular weight excluding hydrogens is 440 g/mol. The third-order valence-electron chi connectivity index (χ3n) is 5.43. The van der Waals surface area contributed by atoms with Gasteiger partial charge in [-0.2, -0.15) is 0 Å². The fourth-order valence-electron chi connectivity index (χ4n) is 3.63. The number of hydrogen-bond donors (Lipinski definition) is 10. The van der Waals surface area contributed by atoms with E-state index in [1.54, 1.807) is 0 Å². The highest BCUT2D eigenvalue weighted by Crippen LogP contribution is 2.33. The molecular formula is C17H30N2O13. The molecule has 186 valence electrons. The van der Waals surface area contributed by atoms with Crippen molar-refractivity contribution in [1.82, 2.24) is 5.32 Å². The third kappa shape index (κ3) is 5.52. The summed E-state index contributed by atoms with van der Waals surface area (Å²) in [5.41, 5.74) is 6.02. The van der Waals surface area contributed by atoms with Gasteiger partial charge in [0.05, 0.1) is 19.3 Å². The average Bonchev–Trinajstić information content (AvgIpc) is 2.73. The maximum absolute atomic E-state index is 12.1. The molecule has 15 heteroatoms. The Kier molecular flexibility index (Phi) is 8.88. The molecule has 2 rings (SSSR count). The molecule has 0 bridgehead atoms. The Bertz CT molecular complexity index is 668. The minimum Gasteiger partial charge on any atom is -0.477 e. The predicted molar refractivity (Wildman–Crippen MR) is 99.4 cm³/mol. The molecule has 11 atom stereocenters. The van der Waals surface area contributed by atoms with E-state index in [0.717, 1.165) is 6.92 Å². The van der Waals surface area contributed by atoms with Crippen molar-refractivity contribution in [3.63, 3.8) is 0 Å². The van der Waals surface area contributed by atoms with E-state index in [2.05, 4.69) is 5.32 Å². The summed E-state index contributed by atoms with van der Waals surface area (Å²) in [5.74, 6) is -4.87. The number of ether oxygens (including phenoxy) is 3. The van der Waals surface area contributed by atoms with Gasteiger partial charge in [0.25, 0.3) is 5.79 Å². The topological polar surface area (TPSA) is 262 Å². The molecule has 15 nitrogen and oxygen atoms in total. The van der Waals surface area contributed by atoms with Gasteiger partial charge in [0.1, 0.15) is 42.7 Å². The van der Waals surface area contributed by atoms with Crippen LogP contribution in [0.4, 0.5) is 0 Å². The molecule has 2 aliphatic heterocycles. The number of carboxylic acids is 1. The molecule has 11 N–H and O–H groups in total. The largest absolute Gasteiger partial charge is 0.477 e. The fourth-order valence-corrected chi connectivity index (χ4v) is 3.63. The number of amides is 1. The molecule has 0 aliphatic carbocycles. The number of hydrogen-bond acceptors (Lipinski definition) is 13. The van der Waals surface area contributed by atoms with E-state index in [0.29, 0.717) is 0 Å². The van der Waals surface area contributed by atoms with Gasteiger partial charge in [-0.1, -0.05) is 0 Å². The minimum atomic E-state index is -2.57. The van der Waals surface area contributed by atoms with Gasteiger partial charge >= 0.3 is 5.97 Å². The van der Waals surface area contributed by atoms with E-state index in [-0.39, 0.29) is 0 Å². The number of aliphatic carboxylic acids is 1. The summed E-state index contributed by atoms with van der Waals surface area (Å²) in [6.45, 7) is -0.539. The highest BCUT2D eigenvalue weighted by Gasteiger charge is 2.56. The number of nitrogens with two attached hydrogens (primary N) is 1. The lowest BCUT2D eigenvalue weighted by Crippen LogP contribution is -2.70. The second-order valence-corrected chi connectivity index (χ2v) is 7.82. The van der Waals surface area contributed by atoms with Crippen LogP contribution < -0.4 is 11.1 Å². The summed E-state index contributed by atoms with van der Waals surface area (Å²) in [6, 6.07) is -2.35. The molecule has 0 radical (unpaired) electrons. The predicted octanol–water partition coefficient (Wildman–Crippen LogP) is -6.08. The van der Waals surface area contributed by atoms with Crippen molar-refractivity contribution in [2.45, 2.75) is 80.2 Å². The molecule has 2 saturated heterocycles. The molecule has 0 aromatic heterocycles. The molecule has 2 aliphatic rings. The van der Waals surface area contributed by atoms with Gasteiger partial charge in [-0.25, -0.2) is 4.79 Å². The van der Waals surface area contributed by atoms with Crippen LogP contribution in [0.1, 0.15) is 13.3 Å². The number of aliphatic hydroxyl groups excluding tert-OH is 7. The summed E-state index contributed by atoms with van der Waals surface area (Å²) in [7, 11) is 0. The second-order valence-electron chi connectivity index (χ2n) is 7.82. The van der Waals surface area contributed by atoms with Crippen molar-refractivity contribution in [2.75, 3.05) is 13.2 Å². The number of carboxylic acid groups (broad SMARTS) is 1. The maximum Gasteiger partial charge on any atom is 0.364 e. The monoisotopic (exact) mass is 470 g/mol. The van der Waals surface area contributed by atoms with Crippen molar-refractivity contribution in [3.05, 3.63) is 0 Å². The van der Waals surface area contributed by atoms with Gasteiger partial charge in [-0.15, -0.1) is 0 Å². The third-order valence-corrected chi connectivity index (χ3v) is 5.43. The highest BCUT2D eigenvalue weighted by atomic mass is 16.7. The van der Waals surface area contributed by atoms with Gasteiger partial charge in [0.15, 0.2) is 6.29 Å². The SMILES string of the molecule is CC(=O)N[C@H]1[C@H]([C@H](O)[C@H](O)CO)O[C@@](OC[C@@H]2O[C@H](O)[C@@H](O)[C@@H](O)[C@H]2O)(C(=O)O)C[C@H]1N. The minimum absolute atomic E-state index is 0.567. The van der Waals surface area contributed by atoms with Crippen LogP contribution in [0.2, 0.25) is 0 Å². The van der Waals surface area contributed by atoms with E-state index in [9.17, 15) is 45.3 Å². The summed E-state index contributed by atoms with van der Waals surface area (Å²) in [5, 5.41) is 80.5. The molecule has 0 unspecified atom stereocenters. The Balaban J connectivity index is 2.27. The molecule has 2 fully saturated rings. The lowest BCUT2D eigenvalue weighted by molar-refractivity contribution is -0.327. The first-order valence-electron chi connectivity index (χ1n) is 9.77. The second kappa shape index (κ2) is 10.6. The van der Waals surface area contributed by atoms with Crippen LogP contribution in [0.5, 0.6) is 0 Å². The first-order valence-corrected chi connectivity index (χ1v) is 9.77. The standard InChI is InChI=1S/C17H30N2O13/c1-5(21)19-9-6(18)2-17(16(28)29,32-14(9)10(23)7(22)3-20)30-4-8-11(24)12(25)13(26)15(27)31-8/h6-15,20,22-27H,2-4,18H2,1H3,(H,19,21)(H,28,29)/t6-,7-,8+,9-,10-,11+,12+,13+,14-,15+,17-/m1/s1. The molecule has 1 amide bonds. The van der Waals surface area contributed by atoms with Gasteiger partial charge in [0.2, 0.25) is 5.91 Å². The summed E-state index contributed by atoms with van der Waals surface area (Å²) >= 11 is 0. The van der Waals surface area contributed by atoms with Crippen LogP contribution in [-0.2, 0) is 23.8 Å². The Morgan fingerprint density at radius 3 is 2.34 bits per heavy atom. The molecule has 32 heavy (non-hydrogen) atoms. The van der Waals surface area contributed by atoms with E-state index in [1.165, 1.54) is 0 Å². The Labute approximate surface area is 181 Å². The molecule has 0 spiro atoms. The van der Waals surface area contributed by atoms with E-state index in [4.69, 9.17) is 25.1 Å². The zero-order chi connectivity index (χ0) is 24.4. The average molecular weight is 470 g/mol. The van der Waals surface area contributed by atoms with Crippen LogP contribution in [0.15, 0.2) is 0 Å². The zero-order valence-corrected chi connectivity index (χ0v) is 17.1. The molecule has 0 saturated carbocycles. The van der Waals surface area contributed by atoms with Gasteiger partial charge in [-0.3, -0.25) is 4.79 Å². The molecule has 0 aromatic carbocycles. The summed E-state index contributed by atoms with van der Waals surface area (Å²) in [4.78, 5) is 23.6. The number of carbonyl (C=O) groups excluding carboxylic acids is 1. The first-order chi connectivity index (χ1) is 14.8. The first kappa shape index (κ1) is 26.7. The zero-order valence-electron chi connectivity index (χ0n) is 17.1. The Morgan fingerprint density at radius 2 is 1.81 bits per heavy atom. The lowest BCUT2D eigenvalue weighted by atomic mass is 9.87. The van der Waals surface area contributed by atoms with Crippen molar-refractivity contribution >= 4 is 11.9 Å². The Hall–Kier alpha value is -1.50. The summed E-state index contributed by atoms with van der Waals surface area (Å²) < 4.78 is 15.7. The summed E-state index contributed by atoms with van der Waals surface area (Å²) in [6.07, 6.45) is -14.6. The van der Waals surface area contributed by atoms with Gasteiger partial charge in [0, 0.05) is 19.4 Å². The van der Waals surface area contributed by atoms with Crippen molar-refractivity contribution < 1.29 is 64.7 Å². The van der Waals surface area contributed by atoms with Crippen molar-refractivity contribution in [2.24, 2.45) is 5.73 Å². The van der Waals surface area contributed by atoms with Gasteiger partial charge < -0.3 is 66.1 Å². The van der Waals surface area contributed by atoms with E-state index < -0.39 is 98.4 Å². The normalized spacial score (nSPS) is 42.2. The lowest BCUT2D eigenvalue weighted by Gasteiger charge is -2.47. The van der Waals surface area contributed by atoms with Crippen molar-refractivity contribution in [3.8, 4) is 0 Å². The number of aliphatic hydroxyl groups is 7. The van der Waals surface area contributed by atoms with E-state index in [1.807, 2.05) is 0 Å².